The minimum absolute atomic E-state index is 0.147. The molecule has 3 fully saturated rings. The van der Waals surface area contributed by atoms with Crippen molar-refractivity contribution >= 4 is 0 Å². The van der Waals surface area contributed by atoms with Crippen molar-refractivity contribution < 1.29 is 13.2 Å². The van der Waals surface area contributed by atoms with E-state index < -0.39 is 18.0 Å². The Kier molecular flexibility index (Phi) is 5.33. The second-order valence-corrected chi connectivity index (χ2v) is 9.49. The fraction of sp³-hybridized carbons (Fsp3) is 0.750. The summed E-state index contributed by atoms with van der Waals surface area (Å²) in [7, 11) is 0. The number of alkyl halides is 3. The molecule has 4 rings (SSSR count). The number of hydrogen-bond donors (Lipinski definition) is 0. The van der Waals surface area contributed by atoms with Crippen LogP contribution in [0.5, 0.6) is 0 Å². The van der Waals surface area contributed by atoms with Crippen LogP contribution in [0.2, 0.25) is 0 Å². The van der Waals surface area contributed by atoms with Gasteiger partial charge in [0.15, 0.2) is 0 Å². The van der Waals surface area contributed by atoms with Gasteiger partial charge in [-0.15, -0.1) is 0 Å². The summed E-state index contributed by atoms with van der Waals surface area (Å²) in [6.07, 6.45) is 12.7. The van der Waals surface area contributed by atoms with Crippen molar-refractivity contribution in [3.63, 3.8) is 0 Å². The molecule has 0 N–H and O–H groups in total. The molecular weight excluding hydrogens is 345 g/mol. The van der Waals surface area contributed by atoms with Crippen molar-refractivity contribution in [1.82, 2.24) is 0 Å². The molecule has 1 aromatic carbocycles. The second kappa shape index (κ2) is 7.44. The Hall–Kier alpha value is -0.990. The van der Waals surface area contributed by atoms with Gasteiger partial charge >= 0.3 is 0 Å². The maximum Gasteiger partial charge on any atom is 0.289 e. The maximum absolute atomic E-state index is 14.2. The smallest absolute Gasteiger partial charge is 0.232 e. The van der Waals surface area contributed by atoms with Crippen LogP contribution >= 0.6 is 0 Å². The van der Waals surface area contributed by atoms with Crippen molar-refractivity contribution in [2.75, 3.05) is 0 Å². The van der Waals surface area contributed by atoms with Gasteiger partial charge in [0, 0.05) is 0 Å². The number of halogens is 3. The number of hydrogen-bond acceptors (Lipinski definition) is 0. The standard InChI is InChI=1S/C24H33F3/c1-2-3-17-4-6-18(7-5-17)19-8-10-20(11-9-19)21-12-14-22(15-13-21)23(25)16-24(23,26)27/h12-15,17-20H,2-11,16H2,1H3. The first-order valence-electron chi connectivity index (χ1n) is 11.1. The molecule has 0 heterocycles. The van der Waals surface area contributed by atoms with Crippen LogP contribution in [0.25, 0.3) is 0 Å². The monoisotopic (exact) mass is 378 g/mol. The molecule has 0 aromatic heterocycles. The highest BCUT2D eigenvalue weighted by Gasteiger charge is 2.74. The second-order valence-electron chi connectivity index (χ2n) is 9.49. The molecule has 0 saturated heterocycles. The molecule has 0 nitrogen and oxygen atoms in total. The SMILES string of the molecule is CCCC1CCC(C2CCC(c3ccc(C4(F)CC4(F)F)cc3)CC2)CC1. The van der Waals surface area contributed by atoms with Crippen molar-refractivity contribution in [2.24, 2.45) is 17.8 Å². The highest BCUT2D eigenvalue weighted by molar-refractivity contribution is 5.36. The molecule has 1 aromatic rings. The van der Waals surface area contributed by atoms with Gasteiger partial charge in [-0.25, -0.2) is 13.2 Å². The van der Waals surface area contributed by atoms with Gasteiger partial charge in [-0.3, -0.25) is 0 Å². The van der Waals surface area contributed by atoms with Crippen molar-refractivity contribution in [2.45, 2.75) is 95.1 Å². The van der Waals surface area contributed by atoms with E-state index in [1.807, 2.05) is 12.1 Å². The van der Waals surface area contributed by atoms with Crippen LogP contribution in [0, 0.1) is 17.8 Å². The molecule has 0 radical (unpaired) electrons. The molecule has 3 aliphatic carbocycles. The first-order valence-corrected chi connectivity index (χ1v) is 11.1. The van der Waals surface area contributed by atoms with Crippen LogP contribution in [0.1, 0.15) is 94.6 Å². The lowest BCUT2D eigenvalue weighted by molar-refractivity contribution is 0.0420. The Morgan fingerprint density at radius 2 is 1.33 bits per heavy atom. The van der Waals surface area contributed by atoms with Crippen molar-refractivity contribution in [3.8, 4) is 0 Å². The first kappa shape index (κ1) is 19.3. The van der Waals surface area contributed by atoms with Crippen LogP contribution in [0.15, 0.2) is 24.3 Å². The van der Waals surface area contributed by atoms with E-state index in [1.165, 1.54) is 69.8 Å². The minimum Gasteiger partial charge on any atom is -0.232 e. The molecule has 0 spiro atoms. The zero-order valence-corrected chi connectivity index (χ0v) is 16.5. The van der Waals surface area contributed by atoms with Gasteiger partial charge in [0.1, 0.15) is 0 Å². The molecule has 1 unspecified atom stereocenters. The molecule has 27 heavy (non-hydrogen) atoms. The average Bonchev–Trinajstić information content (AvgIpc) is 3.22. The minimum atomic E-state index is -3.18. The van der Waals surface area contributed by atoms with Gasteiger partial charge in [0.2, 0.25) is 5.67 Å². The Bertz CT molecular complexity index is 622. The molecule has 0 bridgehead atoms. The number of rotatable bonds is 5. The normalized spacial score (nSPS) is 38.5. The lowest BCUT2D eigenvalue weighted by Gasteiger charge is -2.38. The third kappa shape index (κ3) is 3.80. The first-order chi connectivity index (χ1) is 12.9. The predicted molar refractivity (Wildman–Crippen MR) is 104 cm³/mol. The van der Waals surface area contributed by atoms with E-state index >= 15 is 0 Å². The average molecular weight is 379 g/mol. The molecule has 150 valence electrons. The molecule has 3 aliphatic rings. The van der Waals surface area contributed by atoms with Crippen LogP contribution in [0.4, 0.5) is 13.2 Å². The molecular formula is C24H33F3. The summed E-state index contributed by atoms with van der Waals surface area (Å²) < 4.78 is 40.6. The predicted octanol–water partition coefficient (Wildman–Crippen LogP) is 7.77. The lowest BCUT2D eigenvalue weighted by atomic mass is 9.68. The number of benzene rings is 1. The Balaban J connectivity index is 1.28. The quantitative estimate of drug-likeness (QED) is 0.491. The van der Waals surface area contributed by atoms with E-state index in [0.717, 1.165) is 17.8 Å². The fourth-order valence-corrected chi connectivity index (χ4v) is 5.87. The Morgan fingerprint density at radius 3 is 1.81 bits per heavy atom. The molecule has 0 amide bonds. The third-order valence-electron chi connectivity index (χ3n) is 7.79. The Labute approximate surface area is 161 Å². The summed E-state index contributed by atoms with van der Waals surface area (Å²) in [5.41, 5.74) is -1.06. The van der Waals surface area contributed by atoms with E-state index in [-0.39, 0.29) is 5.56 Å². The lowest BCUT2D eigenvalue weighted by Crippen LogP contribution is -2.25. The van der Waals surface area contributed by atoms with Crippen molar-refractivity contribution in [1.29, 1.82) is 0 Å². The van der Waals surface area contributed by atoms with Gasteiger partial charge in [-0.1, -0.05) is 56.9 Å². The highest BCUT2D eigenvalue weighted by atomic mass is 19.3. The van der Waals surface area contributed by atoms with Crippen LogP contribution in [0.3, 0.4) is 0 Å². The van der Waals surface area contributed by atoms with Gasteiger partial charge in [0.25, 0.3) is 5.92 Å². The van der Waals surface area contributed by atoms with Gasteiger partial charge in [-0.05, 0) is 73.3 Å². The van der Waals surface area contributed by atoms with Crippen molar-refractivity contribution in [3.05, 3.63) is 35.4 Å². The van der Waals surface area contributed by atoms with Crippen LogP contribution < -0.4 is 0 Å². The van der Waals surface area contributed by atoms with Gasteiger partial charge in [0.05, 0.1) is 6.42 Å². The summed E-state index contributed by atoms with van der Waals surface area (Å²) in [5.74, 6) is 0.107. The van der Waals surface area contributed by atoms with E-state index in [9.17, 15) is 13.2 Å². The topological polar surface area (TPSA) is 0 Å². The Morgan fingerprint density at radius 1 is 0.815 bits per heavy atom. The summed E-state index contributed by atoms with van der Waals surface area (Å²) in [6, 6.07) is 6.98. The van der Waals surface area contributed by atoms with E-state index in [0.29, 0.717) is 5.92 Å². The van der Waals surface area contributed by atoms with E-state index in [2.05, 4.69) is 6.92 Å². The van der Waals surface area contributed by atoms with Gasteiger partial charge < -0.3 is 0 Å². The molecule has 3 heteroatoms. The molecule has 0 aliphatic heterocycles. The van der Waals surface area contributed by atoms with E-state index in [4.69, 9.17) is 0 Å². The van der Waals surface area contributed by atoms with E-state index in [1.54, 1.807) is 12.1 Å². The largest absolute Gasteiger partial charge is 0.289 e. The zero-order valence-electron chi connectivity index (χ0n) is 16.5. The molecule has 1 atom stereocenters. The summed E-state index contributed by atoms with van der Waals surface area (Å²) in [5, 5.41) is 0. The van der Waals surface area contributed by atoms with Crippen LogP contribution in [-0.4, -0.2) is 5.92 Å². The molecule has 3 saturated carbocycles. The third-order valence-corrected chi connectivity index (χ3v) is 7.79. The fourth-order valence-electron chi connectivity index (χ4n) is 5.87. The van der Waals surface area contributed by atoms with Crippen LogP contribution in [-0.2, 0) is 5.67 Å². The highest BCUT2D eigenvalue weighted by Crippen LogP contribution is 2.62. The zero-order chi connectivity index (χ0) is 19.1. The summed E-state index contributed by atoms with van der Waals surface area (Å²) in [4.78, 5) is 0. The van der Waals surface area contributed by atoms with Gasteiger partial charge in [-0.2, -0.15) is 0 Å². The maximum atomic E-state index is 14.2. The summed E-state index contributed by atoms with van der Waals surface area (Å²) >= 11 is 0. The summed E-state index contributed by atoms with van der Waals surface area (Å²) in [6.45, 7) is 2.30.